The first kappa shape index (κ1) is 25.2. The second kappa shape index (κ2) is 11.3. The van der Waals surface area contributed by atoms with Gasteiger partial charge in [0.25, 0.3) is 0 Å². The van der Waals surface area contributed by atoms with E-state index in [-0.39, 0.29) is 11.5 Å². The number of ether oxygens (including phenoxy) is 2. The van der Waals surface area contributed by atoms with E-state index in [0.29, 0.717) is 32.3 Å². The summed E-state index contributed by atoms with van der Waals surface area (Å²) < 4.78 is 11.8. The number of benzene rings is 4. The third-order valence-electron chi connectivity index (χ3n) is 5.41. The van der Waals surface area contributed by atoms with Gasteiger partial charge in [0, 0.05) is 11.1 Å². The van der Waals surface area contributed by atoms with Crippen LogP contribution in [0.25, 0.3) is 11.5 Å². The van der Waals surface area contributed by atoms with Crippen molar-refractivity contribution >= 4 is 46.7 Å². The first-order valence-electron chi connectivity index (χ1n) is 11.2. The van der Waals surface area contributed by atoms with E-state index < -0.39 is 11.9 Å². The highest BCUT2D eigenvalue weighted by Gasteiger charge is 2.25. The highest BCUT2D eigenvalue weighted by molar-refractivity contribution is 6.33. The Morgan fingerprint density at radius 2 is 0.861 bits per heavy atom. The second-order valence-electron chi connectivity index (χ2n) is 8.13. The predicted molar refractivity (Wildman–Crippen MR) is 143 cm³/mol. The molecule has 4 aromatic carbocycles. The van der Waals surface area contributed by atoms with Crippen LogP contribution in [0.3, 0.4) is 0 Å². The lowest BCUT2D eigenvalue weighted by atomic mass is 10.1. The summed E-state index contributed by atoms with van der Waals surface area (Å²) in [4.78, 5) is 26.4. The van der Waals surface area contributed by atoms with Gasteiger partial charge in [-0.3, -0.25) is 0 Å². The molecule has 0 N–H and O–H groups in total. The summed E-state index contributed by atoms with van der Waals surface area (Å²) in [5.74, 6) is -1.33. The normalized spacial score (nSPS) is 11.4. The number of halogens is 2. The fraction of sp³-hybridized carbons (Fsp3) is 0.0667. The van der Waals surface area contributed by atoms with E-state index in [9.17, 15) is 9.59 Å². The van der Waals surface area contributed by atoms with E-state index in [2.05, 4.69) is 0 Å². The molecule has 0 atom stereocenters. The van der Waals surface area contributed by atoms with Crippen molar-refractivity contribution in [2.75, 3.05) is 0 Å². The molecule has 0 saturated carbocycles. The van der Waals surface area contributed by atoms with Gasteiger partial charge in [-0.25, -0.2) is 9.59 Å². The third-order valence-corrected chi connectivity index (χ3v) is 6.07. The minimum Gasteiger partial charge on any atom is -0.418 e. The van der Waals surface area contributed by atoms with Crippen LogP contribution in [0.5, 0.6) is 0 Å². The van der Waals surface area contributed by atoms with E-state index in [0.717, 1.165) is 11.1 Å². The third kappa shape index (κ3) is 5.85. The van der Waals surface area contributed by atoms with Crippen molar-refractivity contribution in [3.05, 3.63) is 140 Å². The van der Waals surface area contributed by atoms with Crippen molar-refractivity contribution in [2.24, 2.45) is 0 Å². The minimum atomic E-state index is -0.638. The van der Waals surface area contributed by atoms with E-state index in [1.807, 2.05) is 38.1 Å². The van der Waals surface area contributed by atoms with E-state index in [1.165, 1.54) is 0 Å². The number of hydrogen-bond acceptors (Lipinski definition) is 4. The second-order valence-corrected chi connectivity index (χ2v) is 8.94. The van der Waals surface area contributed by atoms with Gasteiger partial charge in [0.05, 0.1) is 21.2 Å². The minimum absolute atomic E-state index is 0.0280. The maximum Gasteiger partial charge on any atom is 0.343 e. The van der Waals surface area contributed by atoms with Crippen LogP contribution >= 0.6 is 23.2 Å². The van der Waals surface area contributed by atoms with Crippen molar-refractivity contribution < 1.29 is 19.1 Å². The standard InChI is InChI=1S/C30H22Cl2O4/c1-19-11-15-21(16-12-19)29(33)35-27(23-7-3-5-9-25(23)31)28(24-8-4-6-10-26(24)32)36-30(34)22-17-13-20(2)14-18-22/h3-18H,1-2H3. The predicted octanol–water partition coefficient (Wildman–Crippen LogP) is 8.15. The van der Waals surface area contributed by atoms with Gasteiger partial charge in [-0.05, 0) is 62.4 Å². The van der Waals surface area contributed by atoms with Crippen LogP contribution in [0.4, 0.5) is 0 Å². The van der Waals surface area contributed by atoms with Gasteiger partial charge in [-0.15, -0.1) is 0 Å². The van der Waals surface area contributed by atoms with Crippen LogP contribution in [0.15, 0.2) is 97.1 Å². The zero-order chi connectivity index (χ0) is 25.7. The van der Waals surface area contributed by atoms with Gasteiger partial charge in [0.15, 0.2) is 11.5 Å². The molecule has 0 fully saturated rings. The van der Waals surface area contributed by atoms with Crippen LogP contribution in [0.2, 0.25) is 10.0 Å². The molecule has 0 bridgehead atoms. The molecule has 4 aromatic rings. The molecule has 36 heavy (non-hydrogen) atoms. The first-order valence-corrected chi connectivity index (χ1v) is 11.9. The summed E-state index contributed by atoms with van der Waals surface area (Å²) in [6, 6.07) is 27.5. The quantitative estimate of drug-likeness (QED) is 0.147. The maximum atomic E-state index is 13.2. The Balaban J connectivity index is 1.89. The molecule has 0 heterocycles. The lowest BCUT2D eigenvalue weighted by Gasteiger charge is -2.18. The summed E-state index contributed by atoms with van der Waals surface area (Å²) in [7, 11) is 0. The average molecular weight is 517 g/mol. The molecule has 0 saturated heterocycles. The summed E-state index contributed by atoms with van der Waals surface area (Å²) >= 11 is 13.0. The number of esters is 2. The smallest absolute Gasteiger partial charge is 0.343 e. The number of carbonyl (C=O) groups is 2. The Labute approximate surface area is 219 Å². The highest BCUT2D eigenvalue weighted by Crippen LogP contribution is 2.36. The van der Waals surface area contributed by atoms with Crippen molar-refractivity contribution in [3.63, 3.8) is 0 Å². The summed E-state index contributed by atoms with van der Waals surface area (Å²) in [6.45, 7) is 3.84. The lowest BCUT2D eigenvalue weighted by molar-refractivity contribution is 0.0647. The number of carbonyl (C=O) groups excluding carboxylic acids is 2. The largest absolute Gasteiger partial charge is 0.418 e. The molecular weight excluding hydrogens is 495 g/mol. The Morgan fingerprint density at radius 1 is 0.528 bits per heavy atom. The lowest BCUT2D eigenvalue weighted by Crippen LogP contribution is -2.11. The molecule has 0 unspecified atom stereocenters. The molecule has 6 heteroatoms. The SMILES string of the molecule is Cc1ccc(C(=O)OC(=C(OC(=O)c2ccc(C)cc2)c2ccccc2Cl)c2ccccc2Cl)cc1. The number of hydrogen-bond donors (Lipinski definition) is 0. The molecule has 0 radical (unpaired) electrons. The van der Waals surface area contributed by atoms with Gasteiger partial charge in [0.1, 0.15) is 0 Å². The molecule has 0 amide bonds. The Kier molecular flexibility index (Phi) is 7.89. The topological polar surface area (TPSA) is 52.6 Å². The molecule has 0 aromatic heterocycles. The zero-order valence-electron chi connectivity index (χ0n) is 19.6. The Hall–Kier alpha value is -3.86. The van der Waals surface area contributed by atoms with Gasteiger partial charge in [-0.1, -0.05) is 82.9 Å². The van der Waals surface area contributed by atoms with Crippen molar-refractivity contribution in [1.82, 2.24) is 0 Å². The van der Waals surface area contributed by atoms with Crippen LogP contribution in [0, 0.1) is 13.8 Å². The van der Waals surface area contributed by atoms with Crippen LogP contribution in [0.1, 0.15) is 43.0 Å². The monoisotopic (exact) mass is 516 g/mol. The van der Waals surface area contributed by atoms with Crippen LogP contribution in [-0.4, -0.2) is 11.9 Å². The van der Waals surface area contributed by atoms with Crippen molar-refractivity contribution in [1.29, 1.82) is 0 Å². The summed E-state index contributed by atoms with van der Waals surface area (Å²) in [5, 5.41) is 0.611. The van der Waals surface area contributed by atoms with E-state index >= 15 is 0 Å². The van der Waals surface area contributed by atoms with Crippen LogP contribution < -0.4 is 0 Å². The molecule has 4 rings (SSSR count). The van der Waals surface area contributed by atoms with E-state index in [4.69, 9.17) is 32.7 Å². The fourth-order valence-electron chi connectivity index (χ4n) is 3.42. The molecule has 4 nitrogen and oxygen atoms in total. The maximum absolute atomic E-state index is 13.2. The number of rotatable bonds is 6. The Morgan fingerprint density at radius 3 is 1.19 bits per heavy atom. The molecule has 180 valence electrons. The molecular formula is C30H22Cl2O4. The van der Waals surface area contributed by atoms with Gasteiger partial charge in [0.2, 0.25) is 0 Å². The fourth-order valence-corrected chi connectivity index (χ4v) is 3.86. The Bertz CT molecular complexity index is 1330. The van der Waals surface area contributed by atoms with Crippen molar-refractivity contribution in [2.45, 2.75) is 13.8 Å². The zero-order valence-corrected chi connectivity index (χ0v) is 21.1. The average Bonchev–Trinajstić information content (AvgIpc) is 2.87. The van der Waals surface area contributed by atoms with Gasteiger partial charge < -0.3 is 9.47 Å². The van der Waals surface area contributed by atoms with Gasteiger partial charge >= 0.3 is 11.9 Å². The van der Waals surface area contributed by atoms with Gasteiger partial charge in [-0.2, -0.15) is 0 Å². The first-order chi connectivity index (χ1) is 17.3. The summed E-state index contributed by atoms with van der Waals surface area (Å²) in [6.07, 6.45) is 0. The molecule has 0 aliphatic carbocycles. The summed E-state index contributed by atoms with van der Waals surface area (Å²) in [5.41, 5.74) is 3.38. The highest BCUT2D eigenvalue weighted by atomic mass is 35.5. The van der Waals surface area contributed by atoms with Crippen LogP contribution in [-0.2, 0) is 9.47 Å². The van der Waals surface area contributed by atoms with E-state index in [1.54, 1.807) is 72.8 Å². The molecule has 0 aliphatic rings. The molecule has 0 spiro atoms. The van der Waals surface area contributed by atoms with Crippen molar-refractivity contribution in [3.8, 4) is 0 Å². The molecule has 0 aliphatic heterocycles. The number of aryl methyl sites for hydroxylation is 2.